The highest BCUT2D eigenvalue weighted by Gasteiger charge is 2.44. The Morgan fingerprint density at radius 3 is 2.74 bits per heavy atom. The second-order valence-electron chi connectivity index (χ2n) is 6.02. The Kier molecular flexibility index (Phi) is 4.32. The summed E-state index contributed by atoms with van der Waals surface area (Å²) in [5.41, 5.74) is 1.01. The summed E-state index contributed by atoms with van der Waals surface area (Å²) in [7, 11) is 1.61. The van der Waals surface area contributed by atoms with Crippen LogP contribution in [0.4, 0.5) is 0 Å². The number of hydrogen-bond acceptors (Lipinski definition) is 4. The van der Waals surface area contributed by atoms with Gasteiger partial charge < -0.3 is 9.64 Å². The molecule has 0 aromatic heterocycles. The predicted molar refractivity (Wildman–Crippen MR) is 82.7 cm³/mol. The van der Waals surface area contributed by atoms with Crippen LogP contribution in [0.5, 0.6) is 5.75 Å². The maximum absolute atomic E-state index is 12.6. The molecule has 1 unspecified atom stereocenters. The maximum Gasteiger partial charge on any atom is 0.249 e. The van der Waals surface area contributed by atoms with Crippen molar-refractivity contribution < 1.29 is 19.1 Å². The molecule has 122 valence electrons. The van der Waals surface area contributed by atoms with E-state index in [9.17, 15) is 14.4 Å². The Labute approximate surface area is 134 Å². The van der Waals surface area contributed by atoms with Crippen LogP contribution >= 0.6 is 0 Å². The summed E-state index contributed by atoms with van der Waals surface area (Å²) in [5, 5.41) is 2.29. The molecule has 2 aliphatic rings. The van der Waals surface area contributed by atoms with Gasteiger partial charge in [0.15, 0.2) is 0 Å². The van der Waals surface area contributed by atoms with E-state index in [2.05, 4.69) is 5.32 Å². The molecule has 1 aromatic rings. The first kappa shape index (κ1) is 15.5. The summed E-state index contributed by atoms with van der Waals surface area (Å²) in [4.78, 5) is 37.5. The SMILES string of the molecule is COc1cccc(CCC(=O)N(C2CC2)C2CC(=O)NC2=O)c1. The van der Waals surface area contributed by atoms with Crippen molar-refractivity contribution in [2.75, 3.05) is 7.11 Å². The standard InChI is InChI=1S/C17H20N2O4/c1-23-13-4-2-3-11(9-13)5-8-16(21)19(12-6-7-12)14-10-15(20)18-17(14)22/h2-4,9,12,14H,5-8,10H2,1H3,(H,18,20,22). The molecule has 1 aromatic carbocycles. The minimum absolute atomic E-state index is 0.0647. The van der Waals surface area contributed by atoms with Gasteiger partial charge in [0, 0.05) is 12.5 Å². The molecular formula is C17H20N2O4. The molecule has 1 aliphatic heterocycles. The summed E-state index contributed by atoms with van der Waals surface area (Å²) in [6, 6.07) is 7.07. The number of nitrogens with one attached hydrogen (secondary N) is 1. The topological polar surface area (TPSA) is 75.7 Å². The van der Waals surface area contributed by atoms with E-state index in [-0.39, 0.29) is 30.2 Å². The number of nitrogens with zero attached hydrogens (tertiary/aromatic N) is 1. The molecule has 2 fully saturated rings. The first-order valence-electron chi connectivity index (χ1n) is 7.86. The van der Waals surface area contributed by atoms with E-state index in [0.717, 1.165) is 24.2 Å². The number of amides is 3. The van der Waals surface area contributed by atoms with E-state index < -0.39 is 6.04 Å². The largest absolute Gasteiger partial charge is 0.497 e. The number of carbonyl (C=O) groups is 3. The quantitative estimate of drug-likeness (QED) is 0.796. The lowest BCUT2D eigenvalue weighted by Crippen LogP contribution is -2.46. The van der Waals surface area contributed by atoms with E-state index in [4.69, 9.17) is 4.74 Å². The summed E-state index contributed by atoms with van der Waals surface area (Å²) in [6.45, 7) is 0. The van der Waals surface area contributed by atoms with Gasteiger partial charge >= 0.3 is 0 Å². The highest BCUT2D eigenvalue weighted by molar-refractivity contribution is 6.06. The molecule has 1 aliphatic carbocycles. The zero-order chi connectivity index (χ0) is 16.4. The first-order chi connectivity index (χ1) is 11.1. The lowest BCUT2D eigenvalue weighted by molar-refractivity contribution is -0.139. The molecular weight excluding hydrogens is 296 g/mol. The first-order valence-corrected chi connectivity index (χ1v) is 7.86. The van der Waals surface area contributed by atoms with Crippen molar-refractivity contribution in [1.29, 1.82) is 0 Å². The second-order valence-corrected chi connectivity index (χ2v) is 6.02. The van der Waals surface area contributed by atoms with Gasteiger partial charge in [0.05, 0.1) is 13.5 Å². The molecule has 1 saturated carbocycles. The number of imide groups is 1. The zero-order valence-corrected chi connectivity index (χ0v) is 13.1. The Morgan fingerprint density at radius 2 is 2.13 bits per heavy atom. The van der Waals surface area contributed by atoms with Gasteiger partial charge in [0.2, 0.25) is 17.7 Å². The van der Waals surface area contributed by atoms with Crippen LogP contribution in [-0.4, -0.2) is 41.8 Å². The molecule has 1 saturated heterocycles. The summed E-state index contributed by atoms with van der Waals surface area (Å²) in [5.74, 6) is 0.0443. The predicted octanol–water partition coefficient (Wildman–Crippen LogP) is 1.03. The third-order valence-corrected chi connectivity index (χ3v) is 4.27. The zero-order valence-electron chi connectivity index (χ0n) is 13.1. The van der Waals surface area contributed by atoms with Crippen molar-refractivity contribution in [3.8, 4) is 5.75 Å². The van der Waals surface area contributed by atoms with Gasteiger partial charge in [-0.05, 0) is 37.0 Å². The number of rotatable bonds is 6. The third kappa shape index (κ3) is 3.52. The fraction of sp³-hybridized carbons (Fsp3) is 0.471. The van der Waals surface area contributed by atoms with Crippen LogP contribution < -0.4 is 10.1 Å². The Balaban J connectivity index is 1.65. The molecule has 3 amide bonds. The van der Waals surface area contributed by atoms with E-state index >= 15 is 0 Å². The van der Waals surface area contributed by atoms with Crippen molar-refractivity contribution in [3.05, 3.63) is 29.8 Å². The van der Waals surface area contributed by atoms with Crippen LogP contribution in [0.1, 0.15) is 31.2 Å². The molecule has 1 N–H and O–H groups in total. The van der Waals surface area contributed by atoms with Gasteiger partial charge in [-0.3, -0.25) is 19.7 Å². The highest BCUT2D eigenvalue weighted by Crippen LogP contribution is 2.31. The average molecular weight is 316 g/mol. The molecule has 0 spiro atoms. The fourth-order valence-corrected chi connectivity index (χ4v) is 2.96. The van der Waals surface area contributed by atoms with E-state index in [1.165, 1.54) is 0 Å². The lowest BCUT2D eigenvalue weighted by Gasteiger charge is -2.26. The molecule has 6 heteroatoms. The molecule has 23 heavy (non-hydrogen) atoms. The number of ether oxygens (including phenoxy) is 1. The summed E-state index contributed by atoms with van der Waals surface area (Å²) < 4.78 is 5.18. The fourth-order valence-electron chi connectivity index (χ4n) is 2.96. The maximum atomic E-state index is 12.6. The minimum atomic E-state index is -0.632. The van der Waals surface area contributed by atoms with Crippen molar-refractivity contribution in [1.82, 2.24) is 10.2 Å². The molecule has 3 rings (SSSR count). The molecule has 6 nitrogen and oxygen atoms in total. The highest BCUT2D eigenvalue weighted by atomic mass is 16.5. The van der Waals surface area contributed by atoms with Crippen molar-refractivity contribution >= 4 is 17.7 Å². The number of carbonyl (C=O) groups excluding carboxylic acids is 3. The van der Waals surface area contributed by atoms with E-state index in [0.29, 0.717) is 12.8 Å². The normalized spacial score (nSPS) is 20.3. The number of aryl methyl sites for hydroxylation is 1. The lowest BCUT2D eigenvalue weighted by atomic mass is 10.1. The summed E-state index contributed by atoms with van der Waals surface area (Å²) >= 11 is 0. The van der Waals surface area contributed by atoms with Crippen LogP contribution in [0.15, 0.2) is 24.3 Å². The monoisotopic (exact) mass is 316 g/mol. The Bertz CT molecular complexity index is 639. The van der Waals surface area contributed by atoms with Crippen molar-refractivity contribution in [2.45, 2.75) is 44.2 Å². The van der Waals surface area contributed by atoms with Crippen LogP contribution in [0, 0.1) is 0 Å². The van der Waals surface area contributed by atoms with Gasteiger partial charge in [0.1, 0.15) is 11.8 Å². The second kappa shape index (κ2) is 6.40. The number of methoxy groups -OCH3 is 1. The Hall–Kier alpha value is -2.37. The van der Waals surface area contributed by atoms with Gasteiger partial charge in [-0.2, -0.15) is 0 Å². The average Bonchev–Trinajstić information content (AvgIpc) is 3.31. The molecule has 0 radical (unpaired) electrons. The van der Waals surface area contributed by atoms with Crippen molar-refractivity contribution in [2.24, 2.45) is 0 Å². The van der Waals surface area contributed by atoms with Gasteiger partial charge in [-0.25, -0.2) is 0 Å². The molecule has 1 heterocycles. The third-order valence-electron chi connectivity index (χ3n) is 4.27. The minimum Gasteiger partial charge on any atom is -0.497 e. The van der Waals surface area contributed by atoms with Gasteiger partial charge in [-0.1, -0.05) is 12.1 Å². The van der Waals surface area contributed by atoms with Crippen molar-refractivity contribution in [3.63, 3.8) is 0 Å². The van der Waals surface area contributed by atoms with Crippen LogP contribution in [0.25, 0.3) is 0 Å². The van der Waals surface area contributed by atoms with Crippen LogP contribution in [-0.2, 0) is 20.8 Å². The van der Waals surface area contributed by atoms with E-state index in [1.54, 1.807) is 12.0 Å². The molecule has 1 atom stereocenters. The number of hydrogen-bond donors (Lipinski definition) is 1. The van der Waals surface area contributed by atoms with E-state index in [1.807, 2.05) is 24.3 Å². The Morgan fingerprint density at radius 1 is 1.35 bits per heavy atom. The van der Waals surface area contributed by atoms with Gasteiger partial charge in [0.25, 0.3) is 0 Å². The van der Waals surface area contributed by atoms with Crippen LogP contribution in [0.3, 0.4) is 0 Å². The molecule has 0 bridgehead atoms. The van der Waals surface area contributed by atoms with Crippen LogP contribution in [0.2, 0.25) is 0 Å². The number of benzene rings is 1. The smallest absolute Gasteiger partial charge is 0.249 e. The van der Waals surface area contributed by atoms with Gasteiger partial charge in [-0.15, -0.1) is 0 Å². The summed E-state index contributed by atoms with van der Waals surface area (Å²) in [6.07, 6.45) is 2.80.